The summed E-state index contributed by atoms with van der Waals surface area (Å²) in [6.45, 7) is 0.146. The SMILES string of the molecule is COC(=O)c1cc(N(Cc2ccc(OC)c(OC)c2)C(=O)c2ccc(Oc3ccccc3)cc2)ccc1O. The molecule has 0 bridgehead atoms. The van der Waals surface area contributed by atoms with Crippen molar-refractivity contribution in [1.29, 1.82) is 0 Å². The van der Waals surface area contributed by atoms with Crippen LogP contribution in [0, 0.1) is 0 Å². The second-order valence-corrected chi connectivity index (χ2v) is 8.21. The van der Waals surface area contributed by atoms with Gasteiger partial charge >= 0.3 is 5.97 Å². The lowest BCUT2D eigenvalue weighted by atomic mass is 10.1. The van der Waals surface area contributed by atoms with E-state index in [1.165, 1.54) is 31.3 Å². The first kappa shape index (κ1) is 26.1. The first-order valence-corrected chi connectivity index (χ1v) is 11.7. The Bertz CT molecular complexity index is 1420. The van der Waals surface area contributed by atoms with Gasteiger partial charge in [0.1, 0.15) is 22.8 Å². The number of carbonyl (C=O) groups is 2. The fourth-order valence-electron chi connectivity index (χ4n) is 3.85. The zero-order valence-electron chi connectivity index (χ0n) is 21.2. The lowest BCUT2D eigenvalue weighted by Gasteiger charge is -2.24. The molecule has 1 amide bonds. The summed E-state index contributed by atoms with van der Waals surface area (Å²) in [6.07, 6.45) is 0. The predicted molar refractivity (Wildman–Crippen MR) is 142 cm³/mol. The summed E-state index contributed by atoms with van der Waals surface area (Å²) in [5.41, 5.74) is 1.50. The zero-order chi connectivity index (χ0) is 27.1. The number of benzene rings is 4. The van der Waals surface area contributed by atoms with Crippen LogP contribution in [-0.2, 0) is 11.3 Å². The van der Waals surface area contributed by atoms with E-state index in [0.717, 1.165) is 5.56 Å². The van der Waals surface area contributed by atoms with Gasteiger partial charge in [-0.1, -0.05) is 24.3 Å². The number of ether oxygens (including phenoxy) is 4. The molecule has 0 unspecified atom stereocenters. The quantitative estimate of drug-likeness (QED) is 0.281. The van der Waals surface area contributed by atoms with E-state index in [1.807, 2.05) is 36.4 Å². The maximum atomic E-state index is 13.8. The minimum Gasteiger partial charge on any atom is -0.507 e. The molecule has 0 saturated heterocycles. The number of aromatic hydroxyl groups is 1. The molecule has 0 aromatic heterocycles. The van der Waals surface area contributed by atoms with Crippen molar-refractivity contribution in [3.05, 3.63) is 108 Å². The molecule has 8 heteroatoms. The lowest BCUT2D eigenvalue weighted by molar-refractivity contribution is 0.0597. The molecule has 0 heterocycles. The van der Waals surface area contributed by atoms with Gasteiger partial charge in [-0.3, -0.25) is 4.79 Å². The van der Waals surface area contributed by atoms with Crippen molar-refractivity contribution in [2.75, 3.05) is 26.2 Å². The molecule has 38 heavy (non-hydrogen) atoms. The van der Waals surface area contributed by atoms with Gasteiger partial charge in [0.2, 0.25) is 0 Å². The van der Waals surface area contributed by atoms with Crippen LogP contribution in [0.4, 0.5) is 5.69 Å². The van der Waals surface area contributed by atoms with Gasteiger partial charge in [0, 0.05) is 11.3 Å². The van der Waals surface area contributed by atoms with E-state index in [2.05, 4.69) is 0 Å². The molecule has 8 nitrogen and oxygen atoms in total. The zero-order valence-corrected chi connectivity index (χ0v) is 21.2. The van der Waals surface area contributed by atoms with Crippen LogP contribution in [0.5, 0.6) is 28.7 Å². The molecule has 0 radical (unpaired) electrons. The highest BCUT2D eigenvalue weighted by molar-refractivity contribution is 6.07. The monoisotopic (exact) mass is 513 g/mol. The maximum absolute atomic E-state index is 13.8. The molecule has 0 saturated carbocycles. The second-order valence-electron chi connectivity index (χ2n) is 8.21. The molecular formula is C30H27NO7. The smallest absolute Gasteiger partial charge is 0.341 e. The summed E-state index contributed by atoms with van der Waals surface area (Å²) >= 11 is 0. The first-order chi connectivity index (χ1) is 18.4. The van der Waals surface area contributed by atoms with Crippen molar-refractivity contribution >= 4 is 17.6 Å². The first-order valence-electron chi connectivity index (χ1n) is 11.7. The molecule has 0 atom stereocenters. The average Bonchev–Trinajstić information content (AvgIpc) is 2.96. The number of para-hydroxylation sites is 1. The summed E-state index contributed by atoms with van der Waals surface area (Å²) in [6, 6.07) is 25.8. The van der Waals surface area contributed by atoms with Crippen LogP contribution in [0.1, 0.15) is 26.3 Å². The molecule has 0 aliphatic heterocycles. The van der Waals surface area contributed by atoms with Crippen LogP contribution in [0.3, 0.4) is 0 Å². The molecule has 1 N–H and O–H groups in total. The van der Waals surface area contributed by atoms with Crippen molar-refractivity contribution < 1.29 is 33.6 Å². The Morgan fingerprint density at radius 2 is 1.45 bits per heavy atom. The van der Waals surface area contributed by atoms with E-state index in [4.69, 9.17) is 18.9 Å². The van der Waals surface area contributed by atoms with E-state index in [-0.39, 0.29) is 23.8 Å². The Morgan fingerprint density at radius 1 is 0.763 bits per heavy atom. The Balaban J connectivity index is 1.69. The number of nitrogens with zero attached hydrogens (tertiary/aromatic N) is 1. The van der Waals surface area contributed by atoms with Crippen LogP contribution in [-0.4, -0.2) is 38.3 Å². The minimum atomic E-state index is -0.717. The third-order valence-electron chi connectivity index (χ3n) is 5.81. The largest absolute Gasteiger partial charge is 0.507 e. The van der Waals surface area contributed by atoms with Crippen LogP contribution in [0.25, 0.3) is 0 Å². The highest BCUT2D eigenvalue weighted by Crippen LogP contribution is 2.31. The van der Waals surface area contributed by atoms with Gasteiger partial charge < -0.3 is 29.0 Å². The fraction of sp³-hybridized carbons (Fsp3) is 0.133. The molecule has 4 aromatic carbocycles. The number of carbonyl (C=O) groups excluding carboxylic acids is 2. The molecule has 0 aliphatic rings. The summed E-state index contributed by atoms with van der Waals surface area (Å²) in [5, 5.41) is 10.2. The van der Waals surface area contributed by atoms with Crippen molar-refractivity contribution in [2.24, 2.45) is 0 Å². The topological polar surface area (TPSA) is 94.5 Å². The van der Waals surface area contributed by atoms with Crippen molar-refractivity contribution in [1.82, 2.24) is 0 Å². The number of phenolic OH excluding ortho intramolecular Hbond substituents is 1. The number of esters is 1. The van der Waals surface area contributed by atoms with E-state index in [9.17, 15) is 14.7 Å². The Kier molecular flexibility index (Phi) is 8.13. The average molecular weight is 514 g/mol. The third kappa shape index (κ3) is 5.87. The third-order valence-corrected chi connectivity index (χ3v) is 5.81. The van der Waals surface area contributed by atoms with Crippen molar-refractivity contribution in [3.63, 3.8) is 0 Å². The van der Waals surface area contributed by atoms with Gasteiger partial charge in [0.05, 0.1) is 27.9 Å². The lowest BCUT2D eigenvalue weighted by Crippen LogP contribution is -2.30. The van der Waals surface area contributed by atoms with Crippen LogP contribution in [0.2, 0.25) is 0 Å². The minimum absolute atomic E-state index is 0.0540. The molecule has 4 aromatic rings. The van der Waals surface area contributed by atoms with Gasteiger partial charge in [-0.25, -0.2) is 4.79 Å². The highest BCUT2D eigenvalue weighted by atomic mass is 16.5. The number of hydrogen-bond acceptors (Lipinski definition) is 7. The second kappa shape index (κ2) is 11.8. The van der Waals surface area contributed by atoms with Crippen molar-refractivity contribution in [3.8, 4) is 28.7 Å². The Hall–Kier alpha value is -4.98. The molecular weight excluding hydrogens is 486 g/mol. The molecule has 0 aliphatic carbocycles. The van der Waals surface area contributed by atoms with Crippen LogP contribution >= 0.6 is 0 Å². The number of amides is 1. The van der Waals surface area contributed by atoms with Gasteiger partial charge in [-0.15, -0.1) is 0 Å². The molecule has 0 fully saturated rings. The van der Waals surface area contributed by atoms with E-state index < -0.39 is 5.97 Å². The fourth-order valence-corrected chi connectivity index (χ4v) is 3.85. The van der Waals surface area contributed by atoms with Crippen LogP contribution < -0.4 is 19.1 Å². The van der Waals surface area contributed by atoms with E-state index in [0.29, 0.717) is 34.2 Å². The normalized spacial score (nSPS) is 10.4. The summed E-state index contributed by atoms with van der Waals surface area (Å²) in [4.78, 5) is 27.5. The molecule has 194 valence electrons. The Morgan fingerprint density at radius 3 is 2.11 bits per heavy atom. The van der Waals surface area contributed by atoms with Gasteiger partial charge in [-0.2, -0.15) is 0 Å². The number of phenols is 1. The summed E-state index contributed by atoms with van der Waals surface area (Å²) in [7, 11) is 4.30. The molecule has 0 spiro atoms. The van der Waals surface area contributed by atoms with Gasteiger partial charge in [-0.05, 0) is 72.3 Å². The summed E-state index contributed by atoms with van der Waals surface area (Å²) < 4.78 is 21.4. The van der Waals surface area contributed by atoms with Crippen molar-refractivity contribution in [2.45, 2.75) is 6.54 Å². The number of rotatable bonds is 9. The predicted octanol–water partition coefficient (Wildman–Crippen LogP) is 5.84. The van der Waals surface area contributed by atoms with E-state index in [1.54, 1.807) is 49.6 Å². The Labute approximate surface area is 220 Å². The van der Waals surface area contributed by atoms with Crippen LogP contribution in [0.15, 0.2) is 91.0 Å². The number of methoxy groups -OCH3 is 3. The maximum Gasteiger partial charge on any atom is 0.341 e. The van der Waals surface area contributed by atoms with Gasteiger partial charge in [0.25, 0.3) is 5.91 Å². The number of anilines is 1. The number of hydrogen-bond donors (Lipinski definition) is 1. The van der Waals surface area contributed by atoms with E-state index >= 15 is 0 Å². The van der Waals surface area contributed by atoms with Gasteiger partial charge in [0.15, 0.2) is 11.5 Å². The molecule has 4 rings (SSSR count). The summed E-state index contributed by atoms with van der Waals surface area (Å²) in [5.74, 6) is 1.04. The highest BCUT2D eigenvalue weighted by Gasteiger charge is 2.22. The standard InChI is InChI=1S/C30H27NO7/c1-35-27-16-9-20(17-28(27)36-2)19-31(22-12-15-26(32)25(18-22)30(34)37-3)29(33)21-10-13-24(14-11-21)38-23-7-5-4-6-8-23/h4-18,32H,19H2,1-3H3.